The van der Waals surface area contributed by atoms with E-state index in [-0.39, 0.29) is 76.4 Å². The van der Waals surface area contributed by atoms with Gasteiger partial charge >= 0.3 is 11.9 Å². The lowest BCUT2D eigenvalue weighted by molar-refractivity contribution is -0.665. The molecule has 6 rings (SSSR count). The zero-order valence-corrected chi connectivity index (χ0v) is 31.2. The number of ether oxygens (including phenoxy) is 2. The molecule has 4 unspecified atom stereocenters. The Morgan fingerprint density at radius 2 is 1.51 bits per heavy atom. The Kier molecular flexibility index (Phi) is 10.8. The fraction of sp³-hybridized carbons (Fsp3) is 0.923. The lowest BCUT2D eigenvalue weighted by Gasteiger charge is -2.65. The molecular weight excluding hydrogens is 626 g/mol. The van der Waals surface area contributed by atoms with Gasteiger partial charge in [0.2, 0.25) is 17.5 Å². The first-order valence-electron chi connectivity index (χ1n) is 19.6. The minimum absolute atomic E-state index is 0.102. The highest BCUT2D eigenvalue weighted by atomic mass is 17.4. The molecule has 1 amide bonds. The molecule has 5 aliphatic carbocycles. The lowest BCUT2D eigenvalue weighted by atomic mass is 9.42. The molecule has 49 heavy (non-hydrogen) atoms. The van der Waals surface area contributed by atoms with Crippen LogP contribution in [-0.4, -0.2) is 48.2 Å². The predicted molar refractivity (Wildman–Crippen MR) is 181 cm³/mol. The van der Waals surface area contributed by atoms with Gasteiger partial charge in [0.05, 0.1) is 0 Å². The largest absolute Gasteiger partial charge is 0.462 e. The maximum absolute atomic E-state index is 12.7. The summed E-state index contributed by atoms with van der Waals surface area (Å²) in [6, 6.07) is 0. The Balaban J connectivity index is 1.23. The molecule has 5 saturated carbocycles. The number of carbonyl (C=O) groups excluding carboxylic acids is 3. The second kappa shape index (κ2) is 14.3. The van der Waals surface area contributed by atoms with Crippen molar-refractivity contribution in [3.8, 4) is 0 Å². The minimum Gasteiger partial charge on any atom is -0.462 e. The Bertz CT molecular complexity index is 1210. The van der Waals surface area contributed by atoms with Gasteiger partial charge in [-0.25, -0.2) is 0 Å². The summed E-state index contributed by atoms with van der Waals surface area (Å²) in [5.74, 6) is -0.302. The fourth-order valence-electron chi connectivity index (χ4n) is 11.8. The second-order valence-corrected chi connectivity index (χ2v) is 17.3. The third kappa shape index (κ3) is 6.94. The Morgan fingerprint density at radius 3 is 2.14 bits per heavy atom. The van der Waals surface area contributed by atoms with Crippen molar-refractivity contribution in [3.63, 3.8) is 0 Å². The van der Waals surface area contributed by atoms with E-state index in [1.807, 2.05) is 0 Å². The molecule has 1 aliphatic heterocycles. The third-order valence-electron chi connectivity index (χ3n) is 14.7. The maximum atomic E-state index is 12.7. The van der Waals surface area contributed by atoms with E-state index in [2.05, 4.69) is 39.9 Å². The summed E-state index contributed by atoms with van der Waals surface area (Å²) in [6.45, 7) is 15.0. The van der Waals surface area contributed by atoms with Gasteiger partial charge in [0.1, 0.15) is 12.2 Å². The van der Waals surface area contributed by atoms with Gasteiger partial charge in [-0.3, -0.25) is 14.4 Å². The standard InChI is InChI=1S/C39H63NO9/c1-8-20-40-34(43)13-10-24(3)29-11-12-30-35-31(22-33(37(29,30)7)45-26(5)42)36(6)18-19-39(23-28(36)21-32(35)44-25(4)41)48-46-38(47-49-39)16-14-27(9-2)15-17-38/h24,27-33,35H,8-23H2,1-7H3,(H,40,43)/t24?,27?,28-,29-,30?,31?,32-,33+,35?,36+,37-,38?,39?/m1/s1. The van der Waals surface area contributed by atoms with Crippen molar-refractivity contribution in [3.05, 3.63) is 0 Å². The van der Waals surface area contributed by atoms with Crippen LogP contribution < -0.4 is 5.32 Å². The quantitative estimate of drug-likeness (QED) is 0.193. The van der Waals surface area contributed by atoms with Crippen LogP contribution in [0.15, 0.2) is 0 Å². The number of nitrogens with one attached hydrogen (secondary N) is 1. The summed E-state index contributed by atoms with van der Waals surface area (Å²) in [5, 5.41) is 3.02. The molecule has 0 aromatic rings. The molecule has 1 N–H and O–H groups in total. The van der Waals surface area contributed by atoms with E-state index < -0.39 is 11.6 Å². The number of amides is 1. The van der Waals surface area contributed by atoms with E-state index in [1.165, 1.54) is 13.8 Å². The summed E-state index contributed by atoms with van der Waals surface area (Å²) < 4.78 is 12.6. The van der Waals surface area contributed by atoms with Crippen molar-refractivity contribution in [1.29, 1.82) is 0 Å². The van der Waals surface area contributed by atoms with Gasteiger partial charge < -0.3 is 14.8 Å². The van der Waals surface area contributed by atoms with E-state index in [0.29, 0.717) is 31.7 Å². The van der Waals surface area contributed by atoms with Crippen molar-refractivity contribution >= 4 is 17.8 Å². The van der Waals surface area contributed by atoms with Gasteiger partial charge in [-0.05, 0) is 98.7 Å². The molecule has 10 atom stereocenters. The van der Waals surface area contributed by atoms with Crippen LogP contribution in [0.1, 0.15) is 145 Å². The van der Waals surface area contributed by atoms with Gasteiger partial charge in [-0.15, -0.1) is 0 Å². The summed E-state index contributed by atoms with van der Waals surface area (Å²) in [7, 11) is 0. The van der Waals surface area contributed by atoms with Crippen LogP contribution in [0.5, 0.6) is 0 Å². The molecule has 10 heteroatoms. The van der Waals surface area contributed by atoms with E-state index in [4.69, 9.17) is 29.0 Å². The highest BCUT2D eigenvalue weighted by Crippen LogP contribution is 2.70. The summed E-state index contributed by atoms with van der Waals surface area (Å²) in [4.78, 5) is 62.6. The smallest absolute Gasteiger partial charge is 0.302 e. The first kappa shape index (κ1) is 37.0. The Hall–Kier alpha value is -1.75. The Labute approximate surface area is 293 Å². The van der Waals surface area contributed by atoms with Crippen molar-refractivity contribution in [2.24, 2.45) is 52.3 Å². The third-order valence-corrected chi connectivity index (χ3v) is 14.7. The zero-order valence-electron chi connectivity index (χ0n) is 31.2. The highest BCUT2D eigenvalue weighted by Gasteiger charge is 2.69. The predicted octanol–water partition coefficient (Wildman–Crippen LogP) is 7.57. The zero-order chi connectivity index (χ0) is 35.2. The Morgan fingerprint density at radius 1 is 0.837 bits per heavy atom. The summed E-state index contributed by atoms with van der Waals surface area (Å²) in [5.41, 5.74) is -0.388. The molecule has 0 radical (unpaired) electrons. The number of rotatable bonds is 9. The molecule has 1 heterocycles. The van der Waals surface area contributed by atoms with Crippen LogP contribution in [0.25, 0.3) is 0 Å². The van der Waals surface area contributed by atoms with E-state index in [9.17, 15) is 14.4 Å². The molecule has 6 fully saturated rings. The van der Waals surface area contributed by atoms with Gasteiger partial charge in [-0.2, -0.15) is 19.6 Å². The summed E-state index contributed by atoms with van der Waals surface area (Å²) in [6.07, 6.45) is 11.9. The first-order valence-corrected chi connectivity index (χ1v) is 19.6. The van der Waals surface area contributed by atoms with E-state index in [0.717, 1.165) is 77.0 Å². The molecule has 0 aromatic heterocycles. The minimum atomic E-state index is -1.000. The number of hydrogen-bond acceptors (Lipinski definition) is 9. The molecular formula is C39H63NO9. The van der Waals surface area contributed by atoms with Crippen molar-refractivity contribution in [2.45, 2.75) is 169 Å². The normalized spacial score (nSPS) is 45.1. The molecule has 0 aromatic carbocycles. The van der Waals surface area contributed by atoms with Crippen LogP contribution in [0.4, 0.5) is 0 Å². The SMILES string of the molecule is CCCNC(=O)CCC(C)[C@H]1CCC2C3C(C[C@H](OC(C)=O)[C@@]21C)[C@@]1(C)CCC2(C[C@H]1C[C@H]3OC(C)=O)OOC1(CCC(CC)CC1)OO2. The molecule has 6 aliphatic rings. The number of carbonyl (C=O) groups is 3. The van der Waals surface area contributed by atoms with Gasteiger partial charge in [-0.1, -0.05) is 41.0 Å². The van der Waals surface area contributed by atoms with Crippen LogP contribution in [0.3, 0.4) is 0 Å². The number of fused-ring (bicyclic) bond motifs is 5. The van der Waals surface area contributed by atoms with Crippen molar-refractivity contribution in [2.75, 3.05) is 6.54 Å². The van der Waals surface area contributed by atoms with Crippen LogP contribution in [0.2, 0.25) is 0 Å². The molecule has 278 valence electrons. The van der Waals surface area contributed by atoms with Gasteiger partial charge in [0.25, 0.3) is 0 Å². The molecule has 2 spiro atoms. The average Bonchev–Trinajstić information content (AvgIpc) is 3.43. The first-order chi connectivity index (χ1) is 23.3. The topological polar surface area (TPSA) is 119 Å². The van der Waals surface area contributed by atoms with Crippen LogP contribution >= 0.6 is 0 Å². The molecule has 1 saturated heterocycles. The highest BCUT2D eigenvalue weighted by molar-refractivity contribution is 5.75. The van der Waals surface area contributed by atoms with Crippen LogP contribution in [0, 0.1) is 52.3 Å². The van der Waals surface area contributed by atoms with Gasteiger partial charge in [0.15, 0.2) is 0 Å². The lowest BCUT2D eigenvalue weighted by Crippen LogP contribution is -2.65. The second-order valence-electron chi connectivity index (χ2n) is 17.3. The monoisotopic (exact) mass is 689 g/mol. The fourth-order valence-corrected chi connectivity index (χ4v) is 11.8. The van der Waals surface area contributed by atoms with Crippen LogP contribution in [-0.2, 0) is 43.4 Å². The molecule has 0 bridgehead atoms. The number of hydrogen-bond donors (Lipinski definition) is 1. The number of esters is 2. The van der Waals surface area contributed by atoms with E-state index in [1.54, 1.807) is 0 Å². The average molecular weight is 690 g/mol. The molecule has 10 nitrogen and oxygen atoms in total. The maximum Gasteiger partial charge on any atom is 0.302 e. The van der Waals surface area contributed by atoms with Gasteiger partial charge in [0, 0.05) is 63.8 Å². The summed E-state index contributed by atoms with van der Waals surface area (Å²) >= 11 is 0. The van der Waals surface area contributed by atoms with Crippen molar-refractivity contribution in [1.82, 2.24) is 5.32 Å². The van der Waals surface area contributed by atoms with E-state index >= 15 is 0 Å². The van der Waals surface area contributed by atoms with Crippen molar-refractivity contribution < 1.29 is 43.4 Å².